The van der Waals surface area contributed by atoms with Crippen LogP contribution in [0.5, 0.6) is 0 Å². The zero-order valence-corrected chi connectivity index (χ0v) is 7.96. The van der Waals surface area contributed by atoms with E-state index in [4.69, 9.17) is 33.4 Å². The van der Waals surface area contributed by atoms with Gasteiger partial charge in [0.25, 0.3) is 0 Å². The van der Waals surface area contributed by atoms with Crippen LogP contribution in [0.4, 0.5) is 0 Å². The van der Waals surface area contributed by atoms with E-state index in [1.54, 1.807) is 0 Å². The lowest BCUT2D eigenvalue weighted by Gasteiger charge is -2.09. The van der Waals surface area contributed by atoms with Gasteiger partial charge in [-0.1, -0.05) is 0 Å². The maximum absolute atomic E-state index is 8.85. The molecule has 0 radical (unpaired) electrons. The Morgan fingerprint density at radius 1 is 0.917 bits per heavy atom. The largest absolute Gasteiger partial charge is 0.389 e. The molecule has 2 unspecified atom stereocenters. The number of alkyl halides is 2. The smallest absolute Gasteiger partial charge is 0.109 e. The highest BCUT2D eigenvalue weighted by molar-refractivity contribution is 6.18. The third-order valence-electron chi connectivity index (χ3n) is 0.960. The van der Waals surface area contributed by atoms with Crippen molar-refractivity contribution >= 4 is 23.2 Å². The monoisotopic (exact) mass is 218 g/mol. The average molecular weight is 219 g/mol. The highest BCUT2D eigenvalue weighted by atomic mass is 35.5. The van der Waals surface area contributed by atoms with Crippen LogP contribution < -0.4 is 0 Å². The molecule has 0 aliphatic rings. The van der Waals surface area contributed by atoms with E-state index < -0.39 is 12.2 Å². The van der Waals surface area contributed by atoms with Crippen molar-refractivity contribution in [2.24, 2.45) is 0 Å². The van der Waals surface area contributed by atoms with Gasteiger partial charge in [0.15, 0.2) is 0 Å². The maximum atomic E-state index is 8.85. The number of aliphatic hydroxyl groups is 2. The fourth-order valence-electron chi connectivity index (χ4n) is 0.342. The van der Waals surface area contributed by atoms with Crippen molar-refractivity contribution in [1.29, 1.82) is 0 Å². The van der Waals surface area contributed by atoms with Crippen molar-refractivity contribution < 1.29 is 20.0 Å². The van der Waals surface area contributed by atoms with E-state index in [-0.39, 0.29) is 25.0 Å². The van der Waals surface area contributed by atoms with Gasteiger partial charge in [0.2, 0.25) is 0 Å². The second-order valence-electron chi connectivity index (χ2n) is 2.19. The van der Waals surface area contributed by atoms with Gasteiger partial charge in [-0.2, -0.15) is 0 Å². The fraction of sp³-hybridized carbons (Fsp3) is 1.00. The molecule has 0 aliphatic carbocycles. The lowest BCUT2D eigenvalue weighted by Crippen LogP contribution is -2.21. The van der Waals surface area contributed by atoms with Crippen LogP contribution in [0.1, 0.15) is 0 Å². The molecule has 0 spiro atoms. The van der Waals surface area contributed by atoms with E-state index in [1.807, 2.05) is 0 Å². The normalized spacial score (nSPS) is 16.0. The van der Waals surface area contributed by atoms with Crippen molar-refractivity contribution in [1.82, 2.24) is 0 Å². The van der Waals surface area contributed by atoms with E-state index in [9.17, 15) is 0 Å². The lowest BCUT2D eigenvalue weighted by atomic mass is 10.4. The summed E-state index contributed by atoms with van der Waals surface area (Å²) in [5, 5.41) is 17.7. The van der Waals surface area contributed by atoms with Crippen LogP contribution in [0.2, 0.25) is 0 Å². The van der Waals surface area contributed by atoms with Gasteiger partial charge in [-0.3, -0.25) is 0 Å². The van der Waals surface area contributed by atoms with Gasteiger partial charge in [0, 0.05) is 0 Å². The van der Waals surface area contributed by atoms with Crippen LogP contribution in [0.15, 0.2) is 0 Å². The number of hydrogen-bond acceptors (Lipinski definition) is 4. The minimum absolute atomic E-state index is 0.0154. The number of aliphatic hydroxyl groups excluding tert-OH is 2. The molecule has 0 aliphatic heterocycles. The van der Waals surface area contributed by atoms with E-state index in [0.717, 1.165) is 0 Å². The van der Waals surface area contributed by atoms with E-state index >= 15 is 0 Å². The Hall–Kier alpha value is 0.420. The predicted molar refractivity (Wildman–Crippen MR) is 45.4 cm³/mol. The number of halogens is 2. The molecule has 0 rings (SSSR count). The van der Waals surface area contributed by atoms with Crippen molar-refractivity contribution in [3.05, 3.63) is 0 Å². The van der Waals surface area contributed by atoms with Crippen molar-refractivity contribution in [3.63, 3.8) is 0 Å². The van der Waals surface area contributed by atoms with Crippen LogP contribution in [-0.2, 0) is 9.78 Å². The number of hydrogen-bond donors (Lipinski definition) is 2. The Morgan fingerprint density at radius 2 is 1.25 bits per heavy atom. The molecule has 0 saturated heterocycles. The van der Waals surface area contributed by atoms with Gasteiger partial charge in [-0.15, -0.1) is 23.2 Å². The summed E-state index contributed by atoms with van der Waals surface area (Å²) >= 11 is 10.5. The summed E-state index contributed by atoms with van der Waals surface area (Å²) in [6.45, 7) is -0.0307. The molecule has 0 heterocycles. The quantitative estimate of drug-likeness (QED) is 0.276. The minimum Gasteiger partial charge on any atom is -0.389 e. The molecule has 74 valence electrons. The zero-order valence-electron chi connectivity index (χ0n) is 6.45. The van der Waals surface area contributed by atoms with Crippen LogP contribution in [0.25, 0.3) is 0 Å². The molecule has 0 amide bonds. The molecule has 12 heavy (non-hydrogen) atoms. The first-order chi connectivity index (χ1) is 5.70. The highest BCUT2D eigenvalue weighted by Gasteiger charge is 2.05. The topological polar surface area (TPSA) is 58.9 Å². The molecule has 0 aromatic carbocycles. The molecular weight excluding hydrogens is 207 g/mol. The maximum Gasteiger partial charge on any atom is 0.109 e. The summed E-state index contributed by atoms with van der Waals surface area (Å²) in [6, 6.07) is 0. The van der Waals surface area contributed by atoms with Crippen molar-refractivity contribution in [2.75, 3.05) is 25.0 Å². The molecular formula is C6H12Cl2O4. The van der Waals surface area contributed by atoms with Crippen molar-refractivity contribution in [2.45, 2.75) is 12.2 Å². The van der Waals surface area contributed by atoms with Crippen LogP contribution >= 0.6 is 23.2 Å². The minimum atomic E-state index is -0.750. The Labute approximate surface area is 80.9 Å². The second kappa shape index (κ2) is 8.04. The fourth-order valence-corrected chi connectivity index (χ4v) is 0.521. The summed E-state index contributed by atoms with van der Waals surface area (Å²) in [5.74, 6) is 0.169. The summed E-state index contributed by atoms with van der Waals surface area (Å²) in [6.07, 6.45) is -1.50. The van der Waals surface area contributed by atoms with E-state index in [1.165, 1.54) is 0 Å². The summed E-state index contributed by atoms with van der Waals surface area (Å²) in [5.41, 5.74) is 0. The van der Waals surface area contributed by atoms with Gasteiger partial charge in [0.05, 0.1) is 24.0 Å². The van der Waals surface area contributed by atoms with Gasteiger partial charge in [-0.05, 0) is 0 Å². The van der Waals surface area contributed by atoms with Gasteiger partial charge in [0.1, 0.15) is 13.2 Å². The predicted octanol–water partition coefficient (Wildman–Crippen LogP) is 0.134. The molecule has 6 heteroatoms. The van der Waals surface area contributed by atoms with Crippen LogP contribution in [-0.4, -0.2) is 47.4 Å². The third-order valence-corrected chi connectivity index (χ3v) is 1.67. The van der Waals surface area contributed by atoms with Gasteiger partial charge >= 0.3 is 0 Å². The molecule has 0 fully saturated rings. The van der Waals surface area contributed by atoms with Gasteiger partial charge < -0.3 is 10.2 Å². The second-order valence-corrected chi connectivity index (χ2v) is 2.80. The first-order valence-electron chi connectivity index (χ1n) is 3.43. The SMILES string of the molecule is OC(CCl)COOCC(O)CCl. The number of rotatable bonds is 7. The first kappa shape index (κ1) is 12.4. The molecule has 0 bridgehead atoms. The summed E-state index contributed by atoms with van der Waals surface area (Å²) in [7, 11) is 0. The Bertz CT molecular complexity index is 91.5. The molecule has 0 saturated carbocycles. The van der Waals surface area contributed by atoms with E-state index in [2.05, 4.69) is 9.78 Å². The van der Waals surface area contributed by atoms with E-state index in [0.29, 0.717) is 0 Å². The molecule has 2 N–H and O–H groups in total. The standard InChI is InChI=1S/C6H12Cl2O4/c7-1-5(9)3-11-12-4-6(10)2-8/h5-6,9-10H,1-4H2. The highest BCUT2D eigenvalue weighted by Crippen LogP contribution is 1.93. The molecule has 4 nitrogen and oxygen atoms in total. The summed E-state index contributed by atoms with van der Waals surface area (Å²) in [4.78, 5) is 9.01. The van der Waals surface area contributed by atoms with Gasteiger partial charge in [-0.25, -0.2) is 9.78 Å². The Morgan fingerprint density at radius 3 is 1.50 bits per heavy atom. The van der Waals surface area contributed by atoms with Crippen LogP contribution in [0, 0.1) is 0 Å². The molecule has 0 aromatic heterocycles. The average Bonchev–Trinajstić information content (AvgIpc) is 2.11. The Kier molecular flexibility index (Phi) is 8.32. The zero-order chi connectivity index (χ0) is 9.40. The molecule has 2 atom stereocenters. The third kappa shape index (κ3) is 7.09. The Balaban J connectivity index is 3.10. The first-order valence-corrected chi connectivity index (χ1v) is 4.50. The lowest BCUT2D eigenvalue weighted by molar-refractivity contribution is -0.312. The van der Waals surface area contributed by atoms with Crippen molar-refractivity contribution in [3.8, 4) is 0 Å². The summed E-state index contributed by atoms with van der Waals surface area (Å²) < 4.78 is 0. The molecule has 0 aromatic rings. The van der Waals surface area contributed by atoms with Crippen LogP contribution in [0.3, 0.4) is 0 Å².